The second kappa shape index (κ2) is 7.32. The first kappa shape index (κ1) is 11.7. The van der Waals surface area contributed by atoms with E-state index >= 15 is 0 Å². The van der Waals surface area contributed by atoms with E-state index in [0.717, 1.165) is 25.9 Å². The summed E-state index contributed by atoms with van der Waals surface area (Å²) in [7, 11) is 2.04. The van der Waals surface area contributed by atoms with Gasteiger partial charge in [0.05, 0.1) is 6.10 Å². The van der Waals surface area contributed by atoms with Crippen molar-refractivity contribution in [1.29, 1.82) is 0 Å². The van der Waals surface area contributed by atoms with Crippen LogP contribution in [0.25, 0.3) is 0 Å². The summed E-state index contributed by atoms with van der Waals surface area (Å²) in [5.41, 5.74) is 0. The summed E-state index contributed by atoms with van der Waals surface area (Å²) < 4.78 is 0. The molecule has 0 radical (unpaired) electrons. The van der Waals surface area contributed by atoms with Crippen LogP contribution in [0.5, 0.6) is 0 Å². The molecule has 0 bridgehead atoms. The zero-order valence-electron chi connectivity index (χ0n) is 8.45. The van der Waals surface area contributed by atoms with E-state index in [1.807, 2.05) is 26.1 Å². The molecule has 0 saturated carbocycles. The standard InChI is InChI=1S/C10H21NO/c1-4-6-7-10(12)9-11(3)8-5-2/h4,6,10,12H,5,7-9H2,1-3H3. The monoisotopic (exact) mass is 171 g/mol. The number of aliphatic hydroxyl groups excluding tert-OH is 1. The average Bonchev–Trinajstić information content (AvgIpc) is 2.01. The maximum Gasteiger partial charge on any atom is 0.0701 e. The number of hydrogen-bond donors (Lipinski definition) is 1. The Morgan fingerprint density at radius 2 is 2.17 bits per heavy atom. The van der Waals surface area contributed by atoms with E-state index in [0.29, 0.717) is 0 Å². The molecule has 0 fully saturated rings. The third-order valence-corrected chi connectivity index (χ3v) is 1.77. The largest absolute Gasteiger partial charge is 0.391 e. The molecular weight excluding hydrogens is 150 g/mol. The van der Waals surface area contributed by atoms with E-state index in [1.165, 1.54) is 0 Å². The van der Waals surface area contributed by atoms with E-state index < -0.39 is 0 Å². The zero-order chi connectivity index (χ0) is 9.40. The minimum Gasteiger partial charge on any atom is -0.391 e. The van der Waals surface area contributed by atoms with E-state index in [9.17, 15) is 5.11 Å². The molecular formula is C10H21NO. The van der Waals surface area contributed by atoms with Crippen molar-refractivity contribution in [3.63, 3.8) is 0 Å². The number of hydrogen-bond acceptors (Lipinski definition) is 2. The summed E-state index contributed by atoms with van der Waals surface area (Å²) in [5.74, 6) is 0. The molecule has 0 saturated heterocycles. The van der Waals surface area contributed by atoms with Crippen LogP contribution in [0.4, 0.5) is 0 Å². The lowest BCUT2D eigenvalue weighted by Crippen LogP contribution is -2.29. The lowest BCUT2D eigenvalue weighted by atomic mass is 10.2. The maximum atomic E-state index is 9.48. The third-order valence-electron chi connectivity index (χ3n) is 1.77. The number of aliphatic hydroxyl groups is 1. The smallest absolute Gasteiger partial charge is 0.0701 e. The van der Waals surface area contributed by atoms with E-state index in [1.54, 1.807) is 0 Å². The Morgan fingerprint density at radius 1 is 1.50 bits per heavy atom. The van der Waals surface area contributed by atoms with Crippen LogP contribution in [-0.4, -0.2) is 36.2 Å². The van der Waals surface area contributed by atoms with E-state index in [-0.39, 0.29) is 6.10 Å². The van der Waals surface area contributed by atoms with Crippen LogP contribution in [0.15, 0.2) is 12.2 Å². The SMILES string of the molecule is CC=CCC(O)CN(C)CCC. The summed E-state index contributed by atoms with van der Waals surface area (Å²) in [5, 5.41) is 9.48. The molecule has 0 aliphatic carbocycles. The normalized spacial score (nSPS) is 14.4. The van der Waals surface area contributed by atoms with Gasteiger partial charge >= 0.3 is 0 Å². The van der Waals surface area contributed by atoms with Gasteiger partial charge in [0.25, 0.3) is 0 Å². The summed E-state index contributed by atoms with van der Waals surface area (Å²) in [6, 6.07) is 0. The molecule has 0 aromatic heterocycles. The van der Waals surface area contributed by atoms with Crippen LogP contribution in [0, 0.1) is 0 Å². The molecule has 0 rings (SSSR count). The van der Waals surface area contributed by atoms with Crippen molar-refractivity contribution < 1.29 is 5.11 Å². The predicted octanol–water partition coefficient (Wildman–Crippen LogP) is 1.66. The van der Waals surface area contributed by atoms with Gasteiger partial charge < -0.3 is 10.0 Å². The fraction of sp³-hybridized carbons (Fsp3) is 0.800. The van der Waals surface area contributed by atoms with Gasteiger partial charge in [-0.25, -0.2) is 0 Å². The first-order chi connectivity index (χ1) is 5.70. The highest BCUT2D eigenvalue weighted by Gasteiger charge is 2.04. The molecule has 0 aliphatic heterocycles. The molecule has 12 heavy (non-hydrogen) atoms. The van der Waals surface area contributed by atoms with Crippen molar-refractivity contribution in [2.24, 2.45) is 0 Å². The summed E-state index contributed by atoms with van der Waals surface area (Å²) in [4.78, 5) is 2.16. The zero-order valence-corrected chi connectivity index (χ0v) is 8.45. The average molecular weight is 171 g/mol. The molecule has 72 valence electrons. The number of allylic oxidation sites excluding steroid dienone is 1. The van der Waals surface area contributed by atoms with Gasteiger partial charge in [0, 0.05) is 6.54 Å². The highest BCUT2D eigenvalue weighted by molar-refractivity contribution is 4.80. The Bertz CT molecular complexity index is 123. The van der Waals surface area contributed by atoms with Crippen LogP contribution in [-0.2, 0) is 0 Å². The molecule has 1 atom stereocenters. The molecule has 2 heteroatoms. The summed E-state index contributed by atoms with van der Waals surface area (Å²) in [6.45, 7) is 5.96. The molecule has 0 aliphatic rings. The third kappa shape index (κ3) is 6.38. The van der Waals surface area contributed by atoms with Gasteiger partial charge in [0.2, 0.25) is 0 Å². The molecule has 1 N–H and O–H groups in total. The van der Waals surface area contributed by atoms with Crippen LogP contribution in [0.2, 0.25) is 0 Å². The minimum atomic E-state index is -0.210. The minimum absolute atomic E-state index is 0.210. The fourth-order valence-electron chi connectivity index (χ4n) is 1.20. The van der Waals surface area contributed by atoms with Crippen LogP contribution < -0.4 is 0 Å². The van der Waals surface area contributed by atoms with Gasteiger partial charge in [-0.2, -0.15) is 0 Å². The lowest BCUT2D eigenvalue weighted by Gasteiger charge is -2.18. The Labute approximate surface area is 75.9 Å². The molecule has 2 nitrogen and oxygen atoms in total. The summed E-state index contributed by atoms with van der Waals surface area (Å²) >= 11 is 0. The Hall–Kier alpha value is -0.340. The molecule has 0 spiro atoms. The first-order valence-corrected chi connectivity index (χ1v) is 4.68. The quantitative estimate of drug-likeness (QED) is 0.614. The van der Waals surface area contributed by atoms with Crippen LogP contribution >= 0.6 is 0 Å². The highest BCUT2D eigenvalue weighted by atomic mass is 16.3. The lowest BCUT2D eigenvalue weighted by molar-refractivity contribution is 0.128. The van der Waals surface area contributed by atoms with Crippen LogP contribution in [0.3, 0.4) is 0 Å². The van der Waals surface area contributed by atoms with Gasteiger partial charge in [-0.15, -0.1) is 0 Å². The van der Waals surface area contributed by atoms with E-state index in [2.05, 4.69) is 11.8 Å². The second-order valence-electron chi connectivity index (χ2n) is 3.22. The van der Waals surface area contributed by atoms with E-state index in [4.69, 9.17) is 0 Å². The topological polar surface area (TPSA) is 23.5 Å². The number of rotatable bonds is 6. The molecule has 0 aromatic rings. The number of likely N-dealkylation sites (N-methyl/N-ethyl adjacent to an activating group) is 1. The maximum absolute atomic E-state index is 9.48. The van der Waals surface area contributed by atoms with Gasteiger partial charge in [0.15, 0.2) is 0 Å². The number of nitrogens with zero attached hydrogens (tertiary/aromatic N) is 1. The molecule has 0 heterocycles. The van der Waals surface area contributed by atoms with Crippen molar-refractivity contribution >= 4 is 0 Å². The Morgan fingerprint density at radius 3 is 2.67 bits per heavy atom. The van der Waals surface area contributed by atoms with Crippen molar-refractivity contribution in [3.8, 4) is 0 Å². The van der Waals surface area contributed by atoms with Crippen molar-refractivity contribution in [3.05, 3.63) is 12.2 Å². The fourth-order valence-corrected chi connectivity index (χ4v) is 1.20. The molecule has 0 aromatic carbocycles. The van der Waals surface area contributed by atoms with Gasteiger partial charge in [-0.05, 0) is 33.4 Å². The van der Waals surface area contributed by atoms with Gasteiger partial charge in [-0.3, -0.25) is 0 Å². The van der Waals surface area contributed by atoms with Crippen molar-refractivity contribution in [2.45, 2.75) is 32.8 Å². The van der Waals surface area contributed by atoms with Gasteiger partial charge in [-0.1, -0.05) is 19.1 Å². The predicted molar refractivity (Wildman–Crippen MR) is 53.2 cm³/mol. The second-order valence-corrected chi connectivity index (χ2v) is 3.22. The Balaban J connectivity index is 3.46. The van der Waals surface area contributed by atoms with Gasteiger partial charge in [0.1, 0.15) is 0 Å². The molecule has 1 unspecified atom stereocenters. The van der Waals surface area contributed by atoms with Crippen molar-refractivity contribution in [1.82, 2.24) is 4.90 Å². The summed E-state index contributed by atoms with van der Waals surface area (Å²) in [6.07, 6.45) is 5.68. The Kier molecular flexibility index (Phi) is 7.11. The molecule has 0 amide bonds. The highest BCUT2D eigenvalue weighted by Crippen LogP contribution is 1.96. The first-order valence-electron chi connectivity index (χ1n) is 4.68. The van der Waals surface area contributed by atoms with Crippen LogP contribution in [0.1, 0.15) is 26.7 Å². The van der Waals surface area contributed by atoms with Crippen molar-refractivity contribution in [2.75, 3.05) is 20.1 Å².